The van der Waals surface area contributed by atoms with Gasteiger partial charge < -0.3 is 15.2 Å². The lowest BCUT2D eigenvalue weighted by atomic mass is 9.96. The van der Waals surface area contributed by atoms with Gasteiger partial charge in [0, 0.05) is 12.1 Å². The Bertz CT molecular complexity index is 465. The van der Waals surface area contributed by atoms with Crippen molar-refractivity contribution in [2.24, 2.45) is 0 Å². The van der Waals surface area contributed by atoms with Gasteiger partial charge in [0.2, 0.25) is 0 Å². The Morgan fingerprint density at radius 1 is 1.50 bits per heavy atom. The highest BCUT2D eigenvalue weighted by Gasteiger charge is 2.35. The largest absolute Gasteiger partial charge is 0.367 e. The van der Waals surface area contributed by atoms with Crippen LogP contribution < -0.4 is 10.9 Å². The van der Waals surface area contributed by atoms with Gasteiger partial charge >= 0.3 is 0 Å². The van der Waals surface area contributed by atoms with Crippen LogP contribution in [0.15, 0.2) is 11.1 Å². The lowest BCUT2D eigenvalue weighted by molar-refractivity contribution is 0.172. The van der Waals surface area contributed by atoms with Crippen LogP contribution in [0.5, 0.6) is 0 Å². The van der Waals surface area contributed by atoms with Gasteiger partial charge in [0.15, 0.2) is 0 Å². The van der Waals surface area contributed by atoms with Gasteiger partial charge in [-0.25, -0.2) is 4.98 Å². The minimum atomic E-state index is -0.0848. The molecular weight excluding hydrogens is 343 g/mol. The zero-order chi connectivity index (χ0) is 13.2. The first-order chi connectivity index (χ1) is 8.55. The maximum absolute atomic E-state index is 11.5. The van der Waals surface area contributed by atoms with E-state index in [-0.39, 0.29) is 11.1 Å². The quantitative estimate of drug-likeness (QED) is 0.800. The van der Waals surface area contributed by atoms with E-state index >= 15 is 0 Å². The molecule has 1 aromatic heterocycles. The highest BCUT2D eigenvalue weighted by molar-refractivity contribution is 14.1. The number of aromatic nitrogens is 2. The van der Waals surface area contributed by atoms with Crippen molar-refractivity contribution in [3.63, 3.8) is 0 Å². The van der Waals surface area contributed by atoms with Gasteiger partial charge in [-0.2, -0.15) is 0 Å². The molecule has 0 aromatic carbocycles. The third-order valence-corrected chi connectivity index (χ3v) is 4.87. The second kappa shape index (κ2) is 5.56. The van der Waals surface area contributed by atoms with Crippen molar-refractivity contribution in [3.8, 4) is 0 Å². The predicted octanol–water partition coefficient (Wildman–Crippen LogP) is 1.66. The summed E-state index contributed by atoms with van der Waals surface area (Å²) < 4.78 is 0.627. The normalized spacial score (nSPS) is 18.2. The van der Waals surface area contributed by atoms with E-state index in [0.717, 1.165) is 6.54 Å². The van der Waals surface area contributed by atoms with Gasteiger partial charge in [-0.15, -0.1) is 0 Å². The summed E-state index contributed by atoms with van der Waals surface area (Å²) in [5.74, 6) is 0.687. The molecule has 1 fully saturated rings. The summed E-state index contributed by atoms with van der Waals surface area (Å²) in [5.41, 5.74) is 0.117. The van der Waals surface area contributed by atoms with Crippen LogP contribution in [0, 0.1) is 3.57 Å². The van der Waals surface area contributed by atoms with Gasteiger partial charge in [-0.05, 0) is 49.5 Å². The zero-order valence-electron chi connectivity index (χ0n) is 10.8. The number of likely N-dealkylation sites (N-methyl/N-ethyl adjacent to an activating group) is 1. The molecule has 1 heterocycles. The molecule has 100 valence electrons. The highest BCUT2D eigenvalue weighted by Crippen LogP contribution is 2.33. The fourth-order valence-corrected chi connectivity index (χ4v) is 3.06. The second-order valence-corrected chi connectivity index (χ2v) is 6.15. The van der Waals surface area contributed by atoms with E-state index < -0.39 is 0 Å². The van der Waals surface area contributed by atoms with Crippen LogP contribution in [0.25, 0.3) is 0 Å². The van der Waals surface area contributed by atoms with E-state index in [9.17, 15) is 4.79 Å². The van der Waals surface area contributed by atoms with Crippen LogP contribution in [0.4, 0.5) is 5.82 Å². The Morgan fingerprint density at radius 2 is 2.17 bits per heavy atom. The molecule has 18 heavy (non-hydrogen) atoms. The van der Waals surface area contributed by atoms with E-state index in [1.165, 1.54) is 32.0 Å². The molecule has 5 nitrogen and oxygen atoms in total. The molecule has 1 saturated carbocycles. The number of H-pyrrole nitrogens is 1. The molecule has 1 aromatic rings. The highest BCUT2D eigenvalue weighted by atomic mass is 127. The van der Waals surface area contributed by atoms with E-state index in [4.69, 9.17) is 0 Å². The molecule has 0 saturated heterocycles. The van der Waals surface area contributed by atoms with Crippen LogP contribution in [-0.4, -0.2) is 41.0 Å². The maximum atomic E-state index is 11.5. The molecule has 1 aliphatic carbocycles. The lowest BCUT2D eigenvalue weighted by Gasteiger charge is -2.36. The number of rotatable bonds is 4. The summed E-state index contributed by atoms with van der Waals surface area (Å²) in [7, 11) is 4.26. The molecule has 0 bridgehead atoms. The number of halogens is 1. The number of hydrogen-bond donors (Lipinski definition) is 2. The molecule has 2 rings (SSSR count). The van der Waals surface area contributed by atoms with Gasteiger partial charge in [-0.3, -0.25) is 4.79 Å². The van der Waals surface area contributed by atoms with Crippen molar-refractivity contribution in [2.45, 2.75) is 31.2 Å². The molecule has 0 amide bonds. The Balaban J connectivity index is 2.11. The maximum Gasteiger partial charge on any atom is 0.266 e. The van der Waals surface area contributed by atoms with E-state index in [1.54, 1.807) is 0 Å². The first-order valence-corrected chi connectivity index (χ1v) is 7.27. The average Bonchev–Trinajstić information content (AvgIpc) is 2.81. The van der Waals surface area contributed by atoms with Crippen molar-refractivity contribution in [1.82, 2.24) is 14.9 Å². The monoisotopic (exact) mass is 362 g/mol. The third kappa shape index (κ3) is 2.69. The summed E-state index contributed by atoms with van der Waals surface area (Å²) in [6.45, 7) is 0.840. The Morgan fingerprint density at radius 3 is 2.78 bits per heavy atom. The minimum Gasteiger partial charge on any atom is -0.367 e. The Labute approximate surface area is 121 Å². The SMILES string of the molecule is CN(C)C1(CNc2nc[nH]c(=O)c2I)CCCC1. The zero-order valence-corrected chi connectivity index (χ0v) is 13.0. The summed E-state index contributed by atoms with van der Waals surface area (Å²) in [6, 6.07) is 0. The molecule has 0 atom stereocenters. The predicted molar refractivity (Wildman–Crippen MR) is 81.0 cm³/mol. The molecule has 0 unspecified atom stereocenters. The van der Waals surface area contributed by atoms with Crippen molar-refractivity contribution in [3.05, 3.63) is 20.3 Å². The van der Waals surface area contributed by atoms with Gasteiger partial charge in [0.05, 0.1) is 6.33 Å². The van der Waals surface area contributed by atoms with Crippen LogP contribution >= 0.6 is 22.6 Å². The van der Waals surface area contributed by atoms with Gasteiger partial charge in [-0.1, -0.05) is 12.8 Å². The summed E-state index contributed by atoms with van der Waals surface area (Å²) in [5, 5.41) is 3.34. The molecule has 0 radical (unpaired) electrons. The van der Waals surface area contributed by atoms with E-state index in [0.29, 0.717) is 9.39 Å². The van der Waals surface area contributed by atoms with Crippen LogP contribution in [0.1, 0.15) is 25.7 Å². The van der Waals surface area contributed by atoms with Crippen LogP contribution in [0.3, 0.4) is 0 Å². The molecular formula is C12H19IN4O. The van der Waals surface area contributed by atoms with Crippen molar-refractivity contribution in [2.75, 3.05) is 26.0 Å². The number of anilines is 1. The van der Waals surface area contributed by atoms with Crippen molar-refractivity contribution < 1.29 is 0 Å². The third-order valence-electron chi connectivity index (χ3n) is 3.86. The average molecular weight is 362 g/mol. The summed E-state index contributed by atoms with van der Waals surface area (Å²) in [4.78, 5) is 20.6. The number of nitrogens with one attached hydrogen (secondary N) is 2. The molecule has 6 heteroatoms. The Hall–Kier alpha value is -0.630. The molecule has 1 aliphatic rings. The first kappa shape index (κ1) is 13.8. The van der Waals surface area contributed by atoms with Crippen molar-refractivity contribution >= 4 is 28.4 Å². The van der Waals surface area contributed by atoms with E-state index in [2.05, 4.69) is 34.3 Å². The van der Waals surface area contributed by atoms with Gasteiger partial charge in [0.25, 0.3) is 5.56 Å². The minimum absolute atomic E-state index is 0.0848. The first-order valence-electron chi connectivity index (χ1n) is 6.20. The Kier molecular flexibility index (Phi) is 4.26. The standard InChI is InChI=1S/C12H19IN4O/c1-17(2)12(5-3-4-6-12)7-14-10-9(13)11(18)16-8-15-10/h8H,3-7H2,1-2H3,(H2,14,15,16,18). The van der Waals surface area contributed by atoms with E-state index in [1.807, 2.05) is 22.6 Å². The fraction of sp³-hybridized carbons (Fsp3) is 0.667. The number of nitrogens with zero attached hydrogens (tertiary/aromatic N) is 2. The summed E-state index contributed by atoms with van der Waals surface area (Å²) >= 11 is 2.03. The molecule has 0 aliphatic heterocycles. The molecule has 0 spiro atoms. The lowest BCUT2D eigenvalue weighted by Crippen LogP contribution is -2.47. The number of aromatic amines is 1. The summed E-state index contributed by atoms with van der Waals surface area (Å²) in [6.07, 6.45) is 6.41. The smallest absolute Gasteiger partial charge is 0.266 e. The fourth-order valence-electron chi connectivity index (χ4n) is 2.57. The van der Waals surface area contributed by atoms with Gasteiger partial charge in [0.1, 0.15) is 9.39 Å². The topological polar surface area (TPSA) is 61.0 Å². The molecule has 2 N–H and O–H groups in total. The van der Waals surface area contributed by atoms with Crippen LogP contribution in [0.2, 0.25) is 0 Å². The number of hydrogen-bond acceptors (Lipinski definition) is 4. The van der Waals surface area contributed by atoms with Crippen LogP contribution in [-0.2, 0) is 0 Å². The van der Waals surface area contributed by atoms with Crippen molar-refractivity contribution in [1.29, 1.82) is 0 Å². The second-order valence-electron chi connectivity index (χ2n) is 5.07.